The molecule has 1 aromatic carbocycles. The maximum atomic E-state index is 5.19. The fourth-order valence-corrected chi connectivity index (χ4v) is 1.71. The molecule has 2 rings (SSSR count). The van der Waals surface area contributed by atoms with E-state index in [1.165, 1.54) is 5.56 Å². The van der Waals surface area contributed by atoms with Crippen LogP contribution >= 0.6 is 8.73 Å². The highest BCUT2D eigenvalue weighted by atomic mass is 31.1. The third-order valence-electron chi connectivity index (χ3n) is 1.48. The van der Waals surface area contributed by atoms with Crippen LogP contribution in [0.4, 0.5) is 0 Å². The molecule has 2 nitrogen and oxygen atoms in total. The Morgan fingerprint density at radius 2 is 2.30 bits per heavy atom. The summed E-state index contributed by atoms with van der Waals surface area (Å²) in [5.74, 6) is 0.973. The summed E-state index contributed by atoms with van der Waals surface area (Å²) in [6.45, 7) is 0. The lowest BCUT2D eigenvalue weighted by Crippen LogP contribution is -2.13. The van der Waals surface area contributed by atoms with Crippen LogP contribution in [0.25, 0.3) is 0 Å². The zero-order valence-electron chi connectivity index (χ0n) is 5.42. The highest BCUT2D eigenvalue weighted by Gasteiger charge is 2.06. The number of hydrogen-bond acceptors (Lipinski definition) is 2. The van der Waals surface area contributed by atoms with Crippen LogP contribution in [0.15, 0.2) is 24.3 Å². The molecule has 1 aromatic rings. The number of fused-ring (bicyclic) bond motifs is 1. The van der Waals surface area contributed by atoms with Crippen LogP contribution in [-0.4, -0.2) is 0 Å². The predicted molar refractivity (Wildman–Crippen MR) is 42.2 cm³/mol. The van der Waals surface area contributed by atoms with Crippen molar-refractivity contribution in [3.8, 4) is 5.75 Å². The maximum absolute atomic E-state index is 5.19. The molecule has 0 saturated carbocycles. The first-order chi connectivity index (χ1) is 4.97. The molecule has 0 amide bonds. The molecule has 1 aliphatic heterocycles. The number of nitrogens with one attached hydrogen (secondary N) is 1. The Balaban J connectivity index is 2.41. The van der Waals surface area contributed by atoms with Gasteiger partial charge < -0.3 is 4.84 Å². The van der Waals surface area contributed by atoms with E-state index in [2.05, 4.69) is 11.3 Å². The topological polar surface area (TPSA) is 21.3 Å². The number of benzene rings is 1. The predicted octanol–water partition coefficient (Wildman–Crippen LogP) is 1.68. The molecular weight excluding hydrogens is 145 g/mol. The van der Waals surface area contributed by atoms with Crippen molar-refractivity contribution < 1.29 is 4.84 Å². The number of hydrogen-bond donors (Lipinski definition) is 1. The minimum atomic E-state index is 0.696. The van der Waals surface area contributed by atoms with Crippen molar-refractivity contribution in [2.24, 2.45) is 0 Å². The van der Waals surface area contributed by atoms with E-state index in [0.29, 0.717) is 8.73 Å². The lowest BCUT2D eigenvalue weighted by molar-refractivity contribution is 0.273. The summed E-state index contributed by atoms with van der Waals surface area (Å²) in [5.41, 5.74) is 1.31. The molecular formula is C7H8NOP. The molecule has 0 fully saturated rings. The van der Waals surface area contributed by atoms with Gasteiger partial charge in [0.25, 0.3) is 0 Å². The molecule has 10 heavy (non-hydrogen) atoms. The van der Waals surface area contributed by atoms with Gasteiger partial charge in [0.15, 0.2) is 5.75 Å². The highest BCUT2D eigenvalue weighted by Crippen LogP contribution is 2.28. The molecule has 1 N–H and O–H groups in total. The third-order valence-corrected chi connectivity index (χ3v) is 2.29. The molecule has 1 aliphatic rings. The Morgan fingerprint density at radius 1 is 1.40 bits per heavy atom. The first-order valence-electron chi connectivity index (χ1n) is 3.19. The fourth-order valence-electron chi connectivity index (χ4n) is 0.972. The second-order valence-corrected chi connectivity index (χ2v) is 3.08. The smallest absolute Gasteiger partial charge is 0.151 e. The normalized spacial score (nSPS) is 18.0. The van der Waals surface area contributed by atoms with E-state index >= 15 is 0 Å². The Hall–Kier alpha value is -0.590. The van der Waals surface area contributed by atoms with E-state index in [1.54, 1.807) is 0 Å². The molecule has 1 atom stereocenters. The first kappa shape index (κ1) is 6.14. The van der Waals surface area contributed by atoms with Crippen LogP contribution in [0, 0.1) is 0 Å². The van der Waals surface area contributed by atoms with E-state index in [1.807, 2.05) is 18.2 Å². The second kappa shape index (κ2) is 2.57. The molecule has 1 heterocycles. The van der Waals surface area contributed by atoms with E-state index < -0.39 is 0 Å². The summed E-state index contributed by atoms with van der Waals surface area (Å²) in [7, 11) is 0.696. The lowest BCUT2D eigenvalue weighted by Gasteiger charge is -2.15. The highest BCUT2D eigenvalue weighted by molar-refractivity contribution is 7.34. The van der Waals surface area contributed by atoms with Crippen LogP contribution < -0.4 is 10.1 Å². The molecule has 0 bridgehead atoms. The van der Waals surface area contributed by atoms with Gasteiger partial charge in [0.1, 0.15) is 0 Å². The van der Waals surface area contributed by atoms with E-state index in [0.717, 1.165) is 11.9 Å². The minimum Gasteiger partial charge on any atom is -0.405 e. The number of rotatable bonds is 0. The minimum absolute atomic E-state index is 0.696. The Morgan fingerprint density at radius 3 is 3.20 bits per heavy atom. The van der Waals surface area contributed by atoms with Gasteiger partial charge >= 0.3 is 0 Å². The zero-order chi connectivity index (χ0) is 6.81. The first-order valence-corrected chi connectivity index (χ1v) is 4.40. The van der Waals surface area contributed by atoms with Crippen molar-refractivity contribution in [2.75, 3.05) is 0 Å². The zero-order valence-corrected chi connectivity index (χ0v) is 6.42. The lowest BCUT2D eigenvalue weighted by atomic mass is 10.2. The van der Waals surface area contributed by atoms with Crippen molar-refractivity contribution in [2.45, 2.75) is 6.16 Å². The average molecular weight is 153 g/mol. The molecule has 0 aliphatic carbocycles. The van der Waals surface area contributed by atoms with Gasteiger partial charge in [-0.3, -0.25) is 0 Å². The maximum Gasteiger partial charge on any atom is 0.151 e. The van der Waals surface area contributed by atoms with Gasteiger partial charge in [-0.2, -0.15) is 0 Å². The van der Waals surface area contributed by atoms with Gasteiger partial charge in [-0.05, 0) is 14.8 Å². The molecule has 0 spiro atoms. The molecule has 3 heteroatoms. The van der Waals surface area contributed by atoms with Gasteiger partial charge in [0.2, 0.25) is 0 Å². The van der Waals surface area contributed by atoms with Crippen molar-refractivity contribution in [3.63, 3.8) is 0 Å². The van der Waals surface area contributed by atoms with Crippen LogP contribution in [0.2, 0.25) is 0 Å². The van der Waals surface area contributed by atoms with Crippen molar-refractivity contribution in [3.05, 3.63) is 29.8 Å². The Labute approximate surface area is 61.4 Å². The van der Waals surface area contributed by atoms with Crippen molar-refractivity contribution in [1.82, 2.24) is 5.25 Å². The summed E-state index contributed by atoms with van der Waals surface area (Å²) in [6.07, 6.45) is 1.09. The summed E-state index contributed by atoms with van der Waals surface area (Å²) >= 11 is 0. The molecule has 0 saturated heterocycles. The van der Waals surface area contributed by atoms with E-state index in [4.69, 9.17) is 4.84 Å². The van der Waals surface area contributed by atoms with Gasteiger partial charge in [-0.1, -0.05) is 18.2 Å². The van der Waals surface area contributed by atoms with Crippen molar-refractivity contribution >= 4 is 8.73 Å². The van der Waals surface area contributed by atoms with E-state index in [9.17, 15) is 0 Å². The third kappa shape index (κ3) is 1.00. The summed E-state index contributed by atoms with van der Waals surface area (Å²) in [6, 6.07) is 8.10. The SMILES string of the molecule is c1ccc2c(c1)CPNO2. The number of para-hydroxylation sites is 1. The van der Waals surface area contributed by atoms with Crippen LogP contribution in [0.3, 0.4) is 0 Å². The van der Waals surface area contributed by atoms with Crippen LogP contribution in [-0.2, 0) is 6.16 Å². The van der Waals surface area contributed by atoms with Gasteiger partial charge in [0.05, 0.1) is 0 Å². The second-order valence-electron chi connectivity index (χ2n) is 2.17. The molecule has 0 radical (unpaired) electrons. The van der Waals surface area contributed by atoms with Crippen LogP contribution in [0.5, 0.6) is 5.75 Å². The standard InChI is InChI=1S/C7H8NOP/c1-2-4-7-6(3-1)5-10-8-9-7/h1-4,8,10H,5H2. The average Bonchev–Trinajstić information content (AvgIpc) is 2.05. The van der Waals surface area contributed by atoms with Crippen molar-refractivity contribution in [1.29, 1.82) is 0 Å². The van der Waals surface area contributed by atoms with Gasteiger partial charge in [0, 0.05) is 11.7 Å². The fraction of sp³-hybridized carbons (Fsp3) is 0.143. The molecule has 52 valence electrons. The summed E-state index contributed by atoms with van der Waals surface area (Å²) in [5, 5.41) is 2.87. The largest absolute Gasteiger partial charge is 0.405 e. The van der Waals surface area contributed by atoms with Crippen LogP contribution in [0.1, 0.15) is 5.56 Å². The van der Waals surface area contributed by atoms with Gasteiger partial charge in [-0.15, -0.1) is 5.25 Å². The molecule has 0 aromatic heterocycles. The van der Waals surface area contributed by atoms with Gasteiger partial charge in [-0.25, -0.2) is 0 Å². The molecule has 1 unspecified atom stereocenters. The monoisotopic (exact) mass is 153 g/mol. The quantitative estimate of drug-likeness (QED) is 0.572. The summed E-state index contributed by atoms with van der Waals surface area (Å²) in [4.78, 5) is 5.19. The summed E-state index contributed by atoms with van der Waals surface area (Å²) < 4.78 is 0. The Kier molecular flexibility index (Phi) is 1.58. The van der Waals surface area contributed by atoms with E-state index in [-0.39, 0.29) is 0 Å². The Bertz CT molecular complexity index is 214.